The minimum atomic E-state index is -0.157. The van der Waals surface area contributed by atoms with Crippen molar-refractivity contribution in [3.63, 3.8) is 0 Å². The first-order valence-electron chi connectivity index (χ1n) is 8.13. The van der Waals surface area contributed by atoms with E-state index in [2.05, 4.69) is 5.32 Å². The van der Waals surface area contributed by atoms with E-state index in [4.69, 9.17) is 9.47 Å². The maximum Gasteiger partial charge on any atom is 0.258 e. The van der Waals surface area contributed by atoms with Crippen molar-refractivity contribution in [2.24, 2.45) is 0 Å². The zero-order valence-corrected chi connectivity index (χ0v) is 14.8. The van der Waals surface area contributed by atoms with Gasteiger partial charge in [-0.25, -0.2) is 0 Å². The van der Waals surface area contributed by atoms with Gasteiger partial charge in [-0.2, -0.15) is 0 Å². The normalized spacial score (nSPS) is 11.7. The molecule has 2 rings (SSSR count). The summed E-state index contributed by atoms with van der Waals surface area (Å²) in [4.78, 5) is 12.0. The molecule has 0 aliphatic carbocycles. The fourth-order valence-electron chi connectivity index (χ4n) is 2.32. The number of rotatable bonds is 7. The molecule has 2 aromatic rings. The average molecular weight is 327 g/mol. The van der Waals surface area contributed by atoms with E-state index in [1.807, 2.05) is 70.2 Å². The average Bonchev–Trinajstić information content (AvgIpc) is 2.53. The Morgan fingerprint density at radius 3 is 2.33 bits per heavy atom. The monoisotopic (exact) mass is 327 g/mol. The first-order valence-corrected chi connectivity index (χ1v) is 8.13. The van der Waals surface area contributed by atoms with Crippen molar-refractivity contribution in [1.82, 2.24) is 5.32 Å². The van der Waals surface area contributed by atoms with E-state index in [9.17, 15) is 4.79 Å². The molecule has 0 bridgehead atoms. The first kappa shape index (κ1) is 17.9. The van der Waals surface area contributed by atoms with E-state index in [1.54, 1.807) is 0 Å². The Hall–Kier alpha value is -2.49. The van der Waals surface area contributed by atoms with Crippen LogP contribution in [0.5, 0.6) is 11.5 Å². The predicted molar refractivity (Wildman–Crippen MR) is 95.7 cm³/mol. The lowest BCUT2D eigenvalue weighted by atomic mass is 10.1. The van der Waals surface area contributed by atoms with Crippen LogP contribution in [0.2, 0.25) is 0 Å². The fraction of sp³-hybridized carbons (Fsp3) is 0.350. The molecule has 1 atom stereocenters. The highest BCUT2D eigenvalue weighted by molar-refractivity contribution is 5.77. The van der Waals surface area contributed by atoms with Gasteiger partial charge in [-0.3, -0.25) is 4.79 Å². The molecule has 4 heteroatoms. The number of hydrogen-bond donors (Lipinski definition) is 1. The summed E-state index contributed by atoms with van der Waals surface area (Å²) in [5.74, 6) is 1.38. The number of ether oxygens (including phenoxy) is 2. The SMILES string of the molecule is Cc1ccc(OC[C@H](C)NC(=O)COc2ccc(C)cc2C)cc1. The highest BCUT2D eigenvalue weighted by Gasteiger charge is 2.10. The number of benzene rings is 2. The summed E-state index contributed by atoms with van der Waals surface area (Å²) >= 11 is 0. The minimum Gasteiger partial charge on any atom is -0.491 e. The summed E-state index contributed by atoms with van der Waals surface area (Å²) in [6.07, 6.45) is 0. The van der Waals surface area contributed by atoms with Gasteiger partial charge >= 0.3 is 0 Å². The zero-order valence-electron chi connectivity index (χ0n) is 14.8. The van der Waals surface area contributed by atoms with Crippen LogP contribution >= 0.6 is 0 Å². The van der Waals surface area contributed by atoms with Crippen LogP contribution in [0.4, 0.5) is 0 Å². The van der Waals surface area contributed by atoms with Crippen LogP contribution in [0.25, 0.3) is 0 Å². The topological polar surface area (TPSA) is 47.6 Å². The van der Waals surface area contributed by atoms with Gasteiger partial charge in [0.1, 0.15) is 18.1 Å². The number of amides is 1. The second kappa shape index (κ2) is 8.39. The molecule has 0 saturated carbocycles. The van der Waals surface area contributed by atoms with Crippen molar-refractivity contribution in [1.29, 1.82) is 0 Å². The molecule has 0 aliphatic rings. The van der Waals surface area contributed by atoms with Crippen LogP contribution < -0.4 is 14.8 Å². The third-order valence-electron chi connectivity index (χ3n) is 3.62. The summed E-state index contributed by atoms with van der Waals surface area (Å²) in [5.41, 5.74) is 3.39. The molecule has 0 aliphatic heterocycles. The van der Waals surface area contributed by atoms with Gasteiger partial charge in [-0.05, 0) is 51.5 Å². The van der Waals surface area contributed by atoms with Crippen LogP contribution in [0.3, 0.4) is 0 Å². The molecule has 4 nitrogen and oxygen atoms in total. The van der Waals surface area contributed by atoms with Crippen molar-refractivity contribution >= 4 is 5.91 Å². The Balaban J connectivity index is 1.74. The molecular formula is C20H25NO3. The highest BCUT2D eigenvalue weighted by Crippen LogP contribution is 2.18. The predicted octanol–water partition coefficient (Wildman–Crippen LogP) is 3.57. The smallest absolute Gasteiger partial charge is 0.258 e. The van der Waals surface area contributed by atoms with Crippen molar-refractivity contribution in [2.75, 3.05) is 13.2 Å². The first-order chi connectivity index (χ1) is 11.4. The Morgan fingerprint density at radius 1 is 1.00 bits per heavy atom. The van der Waals surface area contributed by atoms with E-state index < -0.39 is 0 Å². The molecule has 0 radical (unpaired) electrons. The molecule has 0 spiro atoms. The Morgan fingerprint density at radius 2 is 1.67 bits per heavy atom. The largest absolute Gasteiger partial charge is 0.491 e. The number of carbonyl (C=O) groups is 1. The van der Waals surface area contributed by atoms with E-state index >= 15 is 0 Å². The van der Waals surface area contributed by atoms with Crippen LogP contribution in [-0.4, -0.2) is 25.2 Å². The number of carbonyl (C=O) groups excluding carboxylic acids is 1. The summed E-state index contributed by atoms with van der Waals surface area (Å²) in [7, 11) is 0. The van der Waals surface area contributed by atoms with Gasteiger partial charge in [0, 0.05) is 0 Å². The summed E-state index contributed by atoms with van der Waals surface area (Å²) in [6, 6.07) is 13.6. The Kier molecular flexibility index (Phi) is 6.24. The standard InChI is InChI=1S/C20H25NO3/c1-14-5-8-18(9-6-14)23-12-17(4)21-20(22)13-24-19-10-7-15(2)11-16(19)3/h5-11,17H,12-13H2,1-4H3,(H,21,22)/t17-/m0/s1. The van der Waals surface area contributed by atoms with Gasteiger partial charge in [0.25, 0.3) is 5.91 Å². The molecular weight excluding hydrogens is 302 g/mol. The van der Waals surface area contributed by atoms with Gasteiger partial charge < -0.3 is 14.8 Å². The fourth-order valence-corrected chi connectivity index (χ4v) is 2.32. The van der Waals surface area contributed by atoms with E-state index in [-0.39, 0.29) is 18.6 Å². The molecule has 0 fully saturated rings. The van der Waals surface area contributed by atoms with E-state index in [1.165, 1.54) is 11.1 Å². The highest BCUT2D eigenvalue weighted by atomic mass is 16.5. The lowest BCUT2D eigenvalue weighted by molar-refractivity contribution is -0.123. The Labute approximate surface area is 143 Å². The van der Waals surface area contributed by atoms with Gasteiger partial charge in [0.05, 0.1) is 6.04 Å². The molecule has 0 heterocycles. The number of hydrogen-bond acceptors (Lipinski definition) is 3. The van der Waals surface area contributed by atoms with Crippen molar-refractivity contribution in [2.45, 2.75) is 33.7 Å². The van der Waals surface area contributed by atoms with E-state index in [0.29, 0.717) is 6.61 Å². The molecule has 0 unspecified atom stereocenters. The number of aryl methyl sites for hydroxylation is 3. The zero-order chi connectivity index (χ0) is 17.5. The van der Waals surface area contributed by atoms with Crippen LogP contribution in [0, 0.1) is 20.8 Å². The second-order valence-corrected chi connectivity index (χ2v) is 6.15. The van der Waals surface area contributed by atoms with Crippen molar-refractivity contribution in [3.8, 4) is 11.5 Å². The third-order valence-corrected chi connectivity index (χ3v) is 3.62. The van der Waals surface area contributed by atoms with Crippen LogP contribution in [0.1, 0.15) is 23.6 Å². The maximum atomic E-state index is 12.0. The van der Waals surface area contributed by atoms with Gasteiger partial charge in [0.15, 0.2) is 6.61 Å². The molecule has 1 N–H and O–H groups in total. The molecule has 1 amide bonds. The molecule has 0 saturated heterocycles. The van der Waals surface area contributed by atoms with Crippen molar-refractivity contribution < 1.29 is 14.3 Å². The van der Waals surface area contributed by atoms with Gasteiger partial charge in [-0.15, -0.1) is 0 Å². The van der Waals surface area contributed by atoms with Gasteiger partial charge in [0.2, 0.25) is 0 Å². The van der Waals surface area contributed by atoms with Crippen LogP contribution in [0.15, 0.2) is 42.5 Å². The summed E-state index contributed by atoms with van der Waals surface area (Å²) in [6.45, 7) is 8.35. The van der Waals surface area contributed by atoms with Crippen molar-refractivity contribution in [3.05, 3.63) is 59.2 Å². The molecule has 0 aromatic heterocycles. The molecule has 2 aromatic carbocycles. The quantitative estimate of drug-likeness (QED) is 0.845. The lowest BCUT2D eigenvalue weighted by Crippen LogP contribution is -2.39. The maximum absolute atomic E-state index is 12.0. The lowest BCUT2D eigenvalue weighted by Gasteiger charge is -2.16. The third kappa shape index (κ3) is 5.61. The summed E-state index contributed by atoms with van der Waals surface area (Å²) < 4.78 is 11.2. The van der Waals surface area contributed by atoms with Gasteiger partial charge in [-0.1, -0.05) is 35.4 Å². The van der Waals surface area contributed by atoms with Crippen LogP contribution in [-0.2, 0) is 4.79 Å². The molecule has 128 valence electrons. The summed E-state index contributed by atoms with van der Waals surface area (Å²) in [5, 5.41) is 2.87. The minimum absolute atomic E-state index is 0.00122. The molecule has 24 heavy (non-hydrogen) atoms. The second-order valence-electron chi connectivity index (χ2n) is 6.15. The van der Waals surface area contributed by atoms with E-state index in [0.717, 1.165) is 17.1 Å². The Bertz CT molecular complexity index is 680. The number of nitrogens with one attached hydrogen (secondary N) is 1.